The lowest BCUT2D eigenvalue weighted by molar-refractivity contribution is 0.590. The van der Waals surface area contributed by atoms with Crippen LogP contribution in [0.3, 0.4) is 0 Å². The van der Waals surface area contributed by atoms with Crippen molar-refractivity contribution in [2.45, 2.75) is 32.7 Å². The Morgan fingerprint density at radius 3 is 2.33 bits per heavy atom. The molecule has 0 fully saturated rings. The summed E-state index contributed by atoms with van der Waals surface area (Å²) >= 11 is 6.27. The third-order valence-electron chi connectivity index (χ3n) is 3.77. The van der Waals surface area contributed by atoms with E-state index in [0.717, 1.165) is 17.6 Å². The first-order valence-corrected chi connectivity index (χ1v) is 7.53. The minimum atomic E-state index is 0.178. The van der Waals surface area contributed by atoms with Crippen LogP contribution in [-0.4, -0.2) is 9.55 Å². The van der Waals surface area contributed by atoms with Gasteiger partial charge in [0.1, 0.15) is 0 Å². The number of imidazole rings is 1. The second kappa shape index (κ2) is 5.19. The second-order valence-electron chi connectivity index (χ2n) is 6.40. The number of aromatic nitrogens is 2. The van der Waals surface area contributed by atoms with Gasteiger partial charge >= 0.3 is 0 Å². The molecule has 0 N–H and O–H groups in total. The minimum absolute atomic E-state index is 0.178. The van der Waals surface area contributed by atoms with Crippen molar-refractivity contribution in [2.75, 3.05) is 0 Å². The fourth-order valence-electron chi connectivity index (χ4n) is 2.49. The van der Waals surface area contributed by atoms with Crippen LogP contribution in [0.4, 0.5) is 0 Å². The van der Waals surface area contributed by atoms with E-state index in [2.05, 4.69) is 56.1 Å². The fourth-order valence-corrected chi connectivity index (χ4v) is 2.73. The van der Waals surface area contributed by atoms with E-state index < -0.39 is 0 Å². The number of para-hydroxylation sites is 2. The molecule has 3 rings (SSSR count). The standard InChI is InChI=1S/C18H19ClN2/c1-18(2,3)14-10-8-13(9-11-14)12-21-16-7-5-4-6-15(16)20-17(21)19/h4-11H,12H2,1-3H3. The third kappa shape index (κ3) is 2.81. The highest BCUT2D eigenvalue weighted by Crippen LogP contribution is 2.24. The number of hydrogen-bond donors (Lipinski definition) is 0. The zero-order valence-electron chi connectivity index (χ0n) is 12.6. The van der Waals surface area contributed by atoms with E-state index in [4.69, 9.17) is 11.6 Å². The zero-order valence-corrected chi connectivity index (χ0v) is 13.4. The van der Waals surface area contributed by atoms with Crippen LogP contribution in [0.5, 0.6) is 0 Å². The molecule has 2 aromatic carbocycles. The van der Waals surface area contributed by atoms with E-state index in [9.17, 15) is 0 Å². The van der Waals surface area contributed by atoms with Crippen molar-refractivity contribution in [3.05, 3.63) is 64.9 Å². The van der Waals surface area contributed by atoms with E-state index in [-0.39, 0.29) is 5.41 Å². The van der Waals surface area contributed by atoms with Gasteiger partial charge < -0.3 is 4.57 Å². The van der Waals surface area contributed by atoms with E-state index in [1.165, 1.54) is 11.1 Å². The molecule has 1 heterocycles. The van der Waals surface area contributed by atoms with Crippen molar-refractivity contribution in [1.82, 2.24) is 9.55 Å². The van der Waals surface area contributed by atoms with Crippen LogP contribution in [0.15, 0.2) is 48.5 Å². The fraction of sp³-hybridized carbons (Fsp3) is 0.278. The van der Waals surface area contributed by atoms with Crippen LogP contribution >= 0.6 is 11.6 Å². The third-order valence-corrected chi connectivity index (χ3v) is 4.06. The average Bonchev–Trinajstić information content (AvgIpc) is 2.75. The van der Waals surface area contributed by atoms with Gasteiger partial charge in [0.05, 0.1) is 17.6 Å². The number of hydrogen-bond acceptors (Lipinski definition) is 1. The smallest absolute Gasteiger partial charge is 0.204 e. The first-order chi connectivity index (χ1) is 9.95. The molecule has 2 nitrogen and oxygen atoms in total. The van der Waals surface area contributed by atoms with Gasteiger partial charge in [0.15, 0.2) is 0 Å². The molecule has 0 spiro atoms. The normalized spacial score (nSPS) is 12.0. The Kier molecular flexibility index (Phi) is 3.50. The summed E-state index contributed by atoms with van der Waals surface area (Å²) in [6.07, 6.45) is 0. The van der Waals surface area contributed by atoms with Gasteiger partial charge in [-0.3, -0.25) is 0 Å². The molecule has 0 aliphatic carbocycles. The second-order valence-corrected chi connectivity index (χ2v) is 6.74. The van der Waals surface area contributed by atoms with E-state index in [0.29, 0.717) is 5.28 Å². The Morgan fingerprint density at radius 1 is 1.00 bits per heavy atom. The minimum Gasteiger partial charge on any atom is -0.310 e. The van der Waals surface area contributed by atoms with Crippen LogP contribution < -0.4 is 0 Å². The monoisotopic (exact) mass is 298 g/mol. The molecule has 0 saturated heterocycles. The van der Waals surface area contributed by atoms with Crippen LogP contribution in [0, 0.1) is 0 Å². The molecule has 0 bridgehead atoms. The lowest BCUT2D eigenvalue weighted by Gasteiger charge is -2.19. The van der Waals surface area contributed by atoms with Gasteiger partial charge in [0.25, 0.3) is 0 Å². The van der Waals surface area contributed by atoms with E-state index in [1.807, 2.05) is 22.8 Å². The highest BCUT2D eigenvalue weighted by molar-refractivity contribution is 6.29. The van der Waals surface area contributed by atoms with Gasteiger partial charge in [0, 0.05) is 0 Å². The molecule has 0 atom stereocenters. The van der Waals surface area contributed by atoms with Gasteiger partial charge in [-0.2, -0.15) is 0 Å². The highest BCUT2D eigenvalue weighted by atomic mass is 35.5. The van der Waals surface area contributed by atoms with Crippen molar-refractivity contribution in [3.63, 3.8) is 0 Å². The maximum atomic E-state index is 6.27. The Bertz CT molecular complexity index is 764. The van der Waals surface area contributed by atoms with Crippen LogP contribution in [0.25, 0.3) is 11.0 Å². The molecular formula is C18H19ClN2. The predicted octanol–water partition coefficient (Wildman–Crippen LogP) is 5.04. The number of nitrogens with zero attached hydrogens (tertiary/aromatic N) is 2. The van der Waals surface area contributed by atoms with Crippen LogP contribution in [0.2, 0.25) is 5.28 Å². The molecule has 0 saturated carbocycles. The molecule has 0 radical (unpaired) electrons. The first-order valence-electron chi connectivity index (χ1n) is 7.15. The molecular weight excluding hydrogens is 280 g/mol. The van der Waals surface area contributed by atoms with Crippen LogP contribution in [-0.2, 0) is 12.0 Å². The van der Waals surface area contributed by atoms with Crippen molar-refractivity contribution in [3.8, 4) is 0 Å². The summed E-state index contributed by atoms with van der Waals surface area (Å²) in [4.78, 5) is 4.39. The molecule has 0 unspecified atom stereocenters. The predicted molar refractivity (Wildman–Crippen MR) is 89.0 cm³/mol. The molecule has 21 heavy (non-hydrogen) atoms. The van der Waals surface area contributed by atoms with Gasteiger partial charge in [0.2, 0.25) is 5.28 Å². The van der Waals surface area contributed by atoms with Crippen molar-refractivity contribution < 1.29 is 0 Å². The molecule has 0 aliphatic rings. The van der Waals surface area contributed by atoms with Gasteiger partial charge in [-0.1, -0.05) is 57.2 Å². The lowest BCUT2D eigenvalue weighted by atomic mass is 9.87. The molecule has 1 aromatic heterocycles. The number of rotatable bonds is 2. The number of halogens is 1. The summed E-state index contributed by atoms with van der Waals surface area (Å²) in [5.74, 6) is 0. The molecule has 108 valence electrons. The van der Waals surface area contributed by atoms with Crippen molar-refractivity contribution >= 4 is 22.6 Å². The van der Waals surface area contributed by atoms with E-state index in [1.54, 1.807) is 0 Å². The molecule has 3 aromatic rings. The maximum absolute atomic E-state index is 6.27. The van der Waals surface area contributed by atoms with E-state index >= 15 is 0 Å². The van der Waals surface area contributed by atoms with Gasteiger partial charge in [-0.25, -0.2) is 4.98 Å². The summed E-state index contributed by atoms with van der Waals surface area (Å²) < 4.78 is 2.04. The van der Waals surface area contributed by atoms with Crippen LogP contribution in [0.1, 0.15) is 31.9 Å². The number of benzene rings is 2. The number of fused-ring (bicyclic) bond motifs is 1. The van der Waals surface area contributed by atoms with Crippen molar-refractivity contribution in [1.29, 1.82) is 0 Å². The highest BCUT2D eigenvalue weighted by Gasteiger charge is 2.13. The van der Waals surface area contributed by atoms with Gasteiger partial charge in [-0.15, -0.1) is 0 Å². The summed E-state index contributed by atoms with van der Waals surface area (Å²) in [6, 6.07) is 16.8. The molecule has 0 amide bonds. The largest absolute Gasteiger partial charge is 0.310 e. The first kappa shape index (κ1) is 14.2. The summed E-state index contributed by atoms with van der Waals surface area (Å²) in [7, 11) is 0. The Labute approximate surface area is 130 Å². The summed E-state index contributed by atoms with van der Waals surface area (Å²) in [5.41, 5.74) is 4.76. The lowest BCUT2D eigenvalue weighted by Crippen LogP contribution is -2.11. The Balaban J connectivity index is 1.94. The van der Waals surface area contributed by atoms with Gasteiger partial charge in [-0.05, 0) is 40.3 Å². The zero-order chi connectivity index (χ0) is 15.0. The SMILES string of the molecule is CC(C)(C)c1ccc(Cn2c(Cl)nc3ccccc32)cc1. The Hall–Kier alpha value is -1.80. The Morgan fingerprint density at radius 2 is 1.67 bits per heavy atom. The summed E-state index contributed by atoms with van der Waals surface area (Å²) in [6.45, 7) is 7.41. The average molecular weight is 299 g/mol. The quantitative estimate of drug-likeness (QED) is 0.648. The van der Waals surface area contributed by atoms with Crippen molar-refractivity contribution in [2.24, 2.45) is 0 Å². The summed E-state index contributed by atoms with van der Waals surface area (Å²) in [5, 5.41) is 0.538. The topological polar surface area (TPSA) is 17.8 Å². The molecule has 0 aliphatic heterocycles. The molecule has 3 heteroatoms. The maximum Gasteiger partial charge on any atom is 0.204 e.